The molecule has 0 aliphatic heterocycles. The molecule has 1 aromatic carbocycles. The lowest BCUT2D eigenvalue weighted by Crippen LogP contribution is -2.41. The Kier molecular flexibility index (Phi) is 4.62. The molecule has 3 N–H and O–H groups in total. The summed E-state index contributed by atoms with van der Waals surface area (Å²) in [5.74, 6) is -1.87. The van der Waals surface area contributed by atoms with E-state index in [0.29, 0.717) is 0 Å². The third-order valence-electron chi connectivity index (χ3n) is 2.77. The molecule has 0 fully saturated rings. The van der Waals surface area contributed by atoms with Crippen molar-refractivity contribution in [3.05, 3.63) is 42.2 Å². The smallest absolute Gasteiger partial charge is 0.326 e. The number of hydrogen-bond acceptors (Lipinski definition) is 5. The van der Waals surface area contributed by atoms with Crippen LogP contribution in [0, 0.1) is 0 Å². The van der Waals surface area contributed by atoms with Crippen LogP contribution >= 0.6 is 0 Å². The van der Waals surface area contributed by atoms with Crippen LogP contribution in [-0.2, 0) is 4.79 Å². The lowest BCUT2D eigenvalue weighted by Gasteiger charge is -2.11. The zero-order valence-corrected chi connectivity index (χ0v) is 11.0. The molecule has 0 bridgehead atoms. The van der Waals surface area contributed by atoms with Gasteiger partial charge in [-0.05, 0) is 12.1 Å². The fourth-order valence-electron chi connectivity index (χ4n) is 1.69. The van der Waals surface area contributed by atoms with Gasteiger partial charge in [-0.25, -0.2) is 9.48 Å². The van der Waals surface area contributed by atoms with Crippen LogP contribution in [0.4, 0.5) is 0 Å². The number of carbonyl (C=O) groups is 2. The fourth-order valence-corrected chi connectivity index (χ4v) is 1.69. The molecule has 1 heterocycles. The minimum atomic E-state index is -1.21. The molecule has 1 atom stereocenters. The molecule has 0 aliphatic carbocycles. The maximum atomic E-state index is 11.9. The highest BCUT2D eigenvalue weighted by Gasteiger charge is 2.21. The molecule has 2 rings (SSSR count). The monoisotopic (exact) mass is 290 g/mol. The molecule has 110 valence electrons. The van der Waals surface area contributed by atoms with E-state index in [-0.39, 0.29) is 18.7 Å². The molecular formula is C13H14N4O4. The summed E-state index contributed by atoms with van der Waals surface area (Å²) in [5.41, 5.74) is 0.734. The average Bonchev–Trinajstić information content (AvgIpc) is 2.97. The predicted octanol–water partition coefficient (Wildman–Crippen LogP) is -0.167. The molecular weight excluding hydrogens is 276 g/mol. The van der Waals surface area contributed by atoms with Gasteiger partial charge in [-0.1, -0.05) is 23.4 Å². The van der Waals surface area contributed by atoms with Gasteiger partial charge in [0.25, 0.3) is 5.91 Å². The Balaban J connectivity index is 2.10. The molecule has 1 amide bonds. The number of benzene rings is 1. The van der Waals surface area contributed by atoms with Crippen LogP contribution in [0.2, 0.25) is 0 Å². The summed E-state index contributed by atoms with van der Waals surface area (Å²) in [7, 11) is 0. The highest BCUT2D eigenvalue weighted by atomic mass is 16.4. The Morgan fingerprint density at radius 2 is 2.00 bits per heavy atom. The zero-order valence-electron chi connectivity index (χ0n) is 11.0. The van der Waals surface area contributed by atoms with E-state index in [2.05, 4.69) is 15.6 Å². The standard InChI is InChI=1S/C13H14N4O4/c18-7-6-10(13(20)21)14-12(19)11-8-17(16-15-11)9-4-2-1-3-5-9/h1-5,8,10,18H,6-7H2,(H,14,19)(H,20,21)/t10-/m1/s1. The van der Waals surface area contributed by atoms with Gasteiger partial charge < -0.3 is 15.5 Å². The van der Waals surface area contributed by atoms with E-state index < -0.39 is 17.9 Å². The minimum Gasteiger partial charge on any atom is -0.480 e. The number of para-hydroxylation sites is 1. The molecule has 21 heavy (non-hydrogen) atoms. The van der Waals surface area contributed by atoms with Crippen molar-refractivity contribution in [2.24, 2.45) is 0 Å². The first-order chi connectivity index (χ1) is 10.1. The largest absolute Gasteiger partial charge is 0.480 e. The number of aliphatic hydroxyl groups excluding tert-OH is 1. The van der Waals surface area contributed by atoms with E-state index in [1.807, 2.05) is 18.2 Å². The second-order valence-electron chi connectivity index (χ2n) is 4.26. The number of hydrogen-bond donors (Lipinski definition) is 3. The number of carbonyl (C=O) groups excluding carboxylic acids is 1. The molecule has 8 heteroatoms. The molecule has 0 saturated heterocycles. The van der Waals surface area contributed by atoms with Crippen molar-refractivity contribution in [3.63, 3.8) is 0 Å². The second-order valence-corrected chi connectivity index (χ2v) is 4.26. The normalized spacial score (nSPS) is 11.9. The number of aliphatic hydroxyl groups is 1. The van der Waals surface area contributed by atoms with Crippen molar-refractivity contribution in [3.8, 4) is 5.69 Å². The van der Waals surface area contributed by atoms with Gasteiger partial charge in [0.2, 0.25) is 0 Å². The van der Waals surface area contributed by atoms with Crippen molar-refractivity contribution in [2.45, 2.75) is 12.5 Å². The van der Waals surface area contributed by atoms with Gasteiger partial charge >= 0.3 is 5.97 Å². The van der Waals surface area contributed by atoms with E-state index in [1.165, 1.54) is 10.9 Å². The lowest BCUT2D eigenvalue weighted by molar-refractivity contribution is -0.139. The van der Waals surface area contributed by atoms with Gasteiger partial charge in [-0.3, -0.25) is 4.79 Å². The maximum absolute atomic E-state index is 11.9. The number of rotatable bonds is 6. The predicted molar refractivity (Wildman–Crippen MR) is 72.0 cm³/mol. The number of aromatic nitrogens is 3. The summed E-state index contributed by atoms with van der Waals surface area (Å²) in [6.07, 6.45) is 1.33. The van der Waals surface area contributed by atoms with Crippen LogP contribution in [0.15, 0.2) is 36.5 Å². The van der Waals surface area contributed by atoms with Crippen molar-refractivity contribution < 1.29 is 19.8 Å². The minimum absolute atomic E-state index is 0.00282. The number of nitrogens with one attached hydrogen (secondary N) is 1. The zero-order chi connectivity index (χ0) is 15.2. The number of nitrogens with zero attached hydrogens (tertiary/aromatic N) is 3. The van der Waals surface area contributed by atoms with Crippen LogP contribution < -0.4 is 5.32 Å². The van der Waals surface area contributed by atoms with Crippen LogP contribution in [0.3, 0.4) is 0 Å². The van der Waals surface area contributed by atoms with Gasteiger partial charge in [0.1, 0.15) is 6.04 Å². The Labute approximate surface area is 120 Å². The quantitative estimate of drug-likeness (QED) is 0.680. The van der Waals surface area contributed by atoms with E-state index in [1.54, 1.807) is 12.1 Å². The fraction of sp³-hybridized carbons (Fsp3) is 0.231. The van der Waals surface area contributed by atoms with Crippen molar-refractivity contribution >= 4 is 11.9 Å². The van der Waals surface area contributed by atoms with E-state index in [0.717, 1.165) is 5.69 Å². The average molecular weight is 290 g/mol. The summed E-state index contributed by atoms with van der Waals surface area (Å²) < 4.78 is 1.41. The first kappa shape index (κ1) is 14.7. The third-order valence-corrected chi connectivity index (χ3v) is 2.77. The topological polar surface area (TPSA) is 117 Å². The van der Waals surface area contributed by atoms with Crippen LogP contribution in [0.5, 0.6) is 0 Å². The molecule has 1 aromatic heterocycles. The third kappa shape index (κ3) is 3.63. The van der Waals surface area contributed by atoms with Crippen molar-refractivity contribution in [1.29, 1.82) is 0 Å². The Hall–Kier alpha value is -2.74. The molecule has 2 aromatic rings. The summed E-state index contributed by atoms with van der Waals surface area (Å²) in [4.78, 5) is 22.8. The second kappa shape index (κ2) is 6.62. The van der Waals surface area contributed by atoms with Gasteiger partial charge in [-0.15, -0.1) is 5.10 Å². The lowest BCUT2D eigenvalue weighted by atomic mass is 10.2. The first-order valence-electron chi connectivity index (χ1n) is 6.24. The number of aliphatic carboxylic acids is 1. The summed E-state index contributed by atoms with van der Waals surface area (Å²) in [6.45, 7) is -0.339. The van der Waals surface area contributed by atoms with Crippen LogP contribution in [0.1, 0.15) is 16.9 Å². The number of amides is 1. The molecule has 0 aliphatic rings. The van der Waals surface area contributed by atoms with E-state index >= 15 is 0 Å². The van der Waals surface area contributed by atoms with Gasteiger partial charge in [0, 0.05) is 13.0 Å². The Morgan fingerprint density at radius 1 is 1.29 bits per heavy atom. The van der Waals surface area contributed by atoms with Crippen LogP contribution in [-0.4, -0.2) is 49.7 Å². The molecule has 0 spiro atoms. The van der Waals surface area contributed by atoms with Crippen molar-refractivity contribution in [2.75, 3.05) is 6.61 Å². The highest BCUT2D eigenvalue weighted by molar-refractivity contribution is 5.94. The van der Waals surface area contributed by atoms with Crippen molar-refractivity contribution in [1.82, 2.24) is 20.3 Å². The molecule has 0 unspecified atom stereocenters. The Bertz CT molecular complexity index is 626. The van der Waals surface area contributed by atoms with Gasteiger partial charge in [-0.2, -0.15) is 0 Å². The Morgan fingerprint density at radius 3 is 2.62 bits per heavy atom. The highest BCUT2D eigenvalue weighted by Crippen LogP contribution is 2.06. The van der Waals surface area contributed by atoms with E-state index in [4.69, 9.17) is 10.2 Å². The molecule has 0 radical (unpaired) electrons. The maximum Gasteiger partial charge on any atom is 0.326 e. The van der Waals surface area contributed by atoms with Gasteiger partial charge in [0.15, 0.2) is 5.69 Å². The van der Waals surface area contributed by atoms with Crippen LogP contribution in [0.25, 0.3) is 5.69 Å². The summed E-state index contributed by atoms with van der Waals surface area (Å²) in [5, 5.41) is 27.5. The summed E-state index contributed by atoms with van der Waals surface area (Å²) >= 11 is 0. The first-order valence-corrected chi connectivity index (χ1v) is 6.24. The molecule has 0 saturated carbocycles. The van der Waals surface area contributed by atoms with Gasteiger partial charge in [0.05, 0.1) is 11.9 Å². The number of carboxylic acid groups (broad SMARTS) is 1. The molecule has 8 nitrogen and oxygen atoms in total. The summed E-state index contributed by atoms with van der Waals surface area (Å²) in [6, 6.07) is 7.91. The number of carboxylic acids is 1. The SMILES string of the molecule is O=C(N[C@H](CCO)C(=O)O)c1cn(-c2ccccc2)nn1. The van der Waals surface area contributed by atoms with E-state index in [9.17, 15) is 9.59 Å².